The number of nitrogens with zero attached hydrogens (tertiary/aromatic N) is 4. The first-order valence-corrected chi connectivity index (χ1v) is 15.1. The molecule has 0 radical (unpaired) electrons. The Morgan fingerprint density at radius 1 is 1.09 bits per heavy atom. The van der Waals surface area contributed by atoms with E-state index >= 15 is 4.39 Å². The van der Waals surface area contributed by atoms with Crippen LogP contribution in [0.2, 0.25) is 0 Å². The molecule has 13 heteroatoms. The number of fused-ring (bicyclic) bond motifs is 1. The summed E-state index contributed by atoms with van der Waals surface area (Å²) < 4.78 is 39.8. The Morgan fingerprint density at radius 2 is 1.84 bits per heavy atom. The molecule has 0 amide bonds. The quantitative estimate of drug-likeness (QED) is 0.261. The number of aromatic amines is 1. The van der Waals surface area contributed by atoms with E-state index in [1.165, 1.54) is 30.6 Å². The first kappa shape index (κ1) is 29.7. The lowest BCUT2D eigenvalue weighted by Gasteiger charge is -2.20. The van der Waals surface area contributed by atoms with Crippen LogP contribution in [0.25, 0.3) is 27.7 Å². The van der Waals surface area contributed by atoms with Crippen LogP contribution in [0.4, 0.5) is 15.9 Å². The van der Waals surface area contributed by atoms with E-state index in [4.69, 9.17) is 0 Å². The minimum Gasteiger partial charge on any atom is -0.392 e. The van der Waals surface area contributed by atoms with Crippen LogP contribution in [0.15, 0.2) is 69.3 Å². The van der Waals surface area contributed by atoms with Crippen LogP contribution in [-0.2, 0) is 21.9 Å². The van der Waals surface area contributed by atoms with Crippen LogP contribution in [0, 0.1) is 12.7 Å². The molecule has 0 aliphatic heterocycles. The Hall–Kier alpha value is -4.75. The van der Waals surface area contributed by atoms with E-state index in [9.17, 15) is 23.1 Å². The van der Waals surface area contributed by atoms with Crippen molar-refractivity contribution in [1.29, 1.82) is 0 Å². The van der Waals surface area contributed by atoms with E-state index in [1.807, 2.05) is 20.8 Å². The van der Waals surface area contributed by atoms with Gasteiger partial charge in [-0.1, -0.05) is 32.9 Å². The molecule has 3 aromatic heterocycles. The van der Waals surface area contributed by atoms with E-state index in [-0.39, 0.29) is 44.1 Å². The number of nitrogens with one attached hydrogen (secondary N) is 2. The van der Waals surface area contributed by atoms with Gasteiger partial charge in [-0.25, -0.2) is 22.9 Å². The summed E-state index contributed by atoms with van der Waals surface area (Å²) in [6.45, 7) is 6.95. The van der Waals surface area contributed by atoms with Gasteiger partial charge in [0, 0.05) is 34.5 Å². The average molecular weight is 605 g/mol. The molecule has 5 rings (SSSR count). The van der Waals surface area contributed by atoms with Gasteiger partial charge < -0.3 is 10.4 Å². The van der Waals surface area contributed by atoms with Gasteiger partial charge in [-0.15, -0.1) is 0 Å². The van der Waals surface area contributed by atoms with Crippen LogP contribution < -0.4 is 16.4 Å². The number of sulfone groups is 1. The highest BCUT2D eigenvalue weighted by molar-refractivity contribution is 7.90. The number of hydrogen-bond donors (Lipinski definition) is 3. The highest BCUT2D eigenvalue weighted by atomic mass is 32.2. The minimum absolute atomic E-state index is 0.0237. The molecule has 43 heavy (non-hydrogen) atoms. The van der Waals surface area contributed by atoms with E-state index in [1.54, 1.807) is 31.2 Å². The first-order valence-electron chi connectivity index (χ1n) is 13.2. The van der Waals surface area contributed by atoms with Crippen molar-refractivity contribution in [2.24, 2.45) is 0 Å². The summed E-state index contributed by atoms with van der Waals surface area (Å²) in [5.41, 5.74) is 0.783. The summed E-state index contributed by atoms with van der Waals surface area (Å²) >= 11 is 0. The smallest absolute Gasteiger partial charge is 0.288 e. The molecule has 2 aromatic carbocycles. The summed E-state index contributed by atoms with van der Waals surface area (Å²) in [7, 11) is -3.45. The number of anilines is 2. The molecule has 3 N–H and O–H groups in total. The SMILES string of the molecule is Cc1c(-c2cccc(-n3ncc4cc(C(C)(C)C)cc(F)c4c3=O)c2CO)n[nH]c(=O)c1Nc1ccc(S(C)(=O)=O)cn1. The predicted octanol–water partition coefficient (Wildman–Crippen LogP) is 3.92. The van der Waals surface area contributed by atoms with Crippen LogP contribution in [0.1, 0.15) is 37.5 Å². The fraction of sp³-hybridized carbons (Fsp3) is 0.233. The lowest BCUT2D eigenvalue weighted by atomic mass is 9.86. The molecule has 0 spiro atoms. The number of hydrogen-bond acceptors (Lipinski definition) is 9. The zero-order chi connectivity index (χ0) is 31.3. The van der Waals surface area contributed by atoms with Crippen molar-refractivity contribution >= 4 is 32.1 Å². The maximum atomic E-state index is 15.3. The number of halogens is 1. The van der Waals surface area contributed by atoms with Crippen LogP contribution in [0.3, 0.4) is 0 Å². The second kappa shape index (κ2) is 10.8. The largest absolute Gasteiger partial charge is 0.392 e. The molecule has 0 unspecified atom stereocenters. The lowest BCUT2D eigenvalue weighted by molar-refractivity contribution is 0.281. The number of pyridine rings is 1. The number of aliphatic hydroxyl groups excluding tert-OH is 1. The van der Waals surface area contributed by atoms with Crippen molar-refractivity contribution in [2.45, 2.75) is 44.6 Å². The van der Waals surface area contributed by atoms with E-state index in [2.05, 4.69) is 25.6 Å². The Kier molecular flexibility index (Phi) is 7.48. The van der Waals surface area contributed by atoms with Crippen molar-refractivity contribution in [3.8, 4) is 16.9 Å². The molecule has 5 aromatic rings. The zero-order valence-electron chi connectivity index (χ0n) is 24.1. The van der Waals surface area contributed by atoms with Gasteiger partial charge in [0.1, 0.15) is 17.3 Å². The predicted molar refractivity (Wildman–Crippen MR) is 161 cm³/mol. The van der Waals surface area contributed by atoms with Gasteiger partial charge in [0.05, 0.1) is 34.5 Å². The molecule has 222 valence electrons. The molecular formula is C30H29FN6O5S. The maximum Gasteiger partial charge on any atom is 0.288 e. The second-order valence-electron chi connectivity index (χ2n) is 11.2. The fourth-order valence-corrected chi connectivity index (χ4v) is 5.31. The maximum absolute atomic E-state index is 15.3. The van der Waals surface area contributed by atoms with Crippen molar-refractivity contribution in [2.75, 3.05) is 11.6 Å². The Morgan fingerprint density at radius 3 is 2.47 bits per heavy atom. The van der Waals surface area contributed by atoms with Gasteiger partial charge in [-0.2, -0.15) is 14.9 Å². The third-order valence-corrected chi connectivity index (χ3v) is 8.24. The normalized spacial score (nSPS) is 12.1. The van der Waals surface area contributed by atoms with Crippen molar-refractivity contribution < 1.29 is 17.9 Å². The average Bonchev–Trinajstić information content (AvgIpc) is 2.94. The number of aliphatic hydroxyl groups is 1. The standard InChI is InChI=1S/C30H29FN6O5S/c1-16-26(35-36-28(39)27(16)34-24-10-9-19(14-32-24)43(5,41)42)20-7-6-8-23(21(20)15-38)37-29(40)25-17(13-33-37)11-18(12-22(25)31)30(2,3)4/h6-14,38H,15H2,1-5H3,(H,36,39)(H,32,34,35). The molecule has 0 aliphatic rings. The Balaban J connectivity index is 1.62. The zero-order valence-corrected chi connectivity index (χ0v) is 24.9. The molecular weight excluding hydrogens is 575 g/mol. The van der Waals surface area contributed by atoms with Crippen molar-refractivity contribution in [3.05, 3.63) is 98.1 Å². The minimum atomic E-state index is -3.45. The highest BCUT2D eigenvalue weighted by Gasteiger charge is 2.22. The third kappa shape index (κ3) is 5.56. The molecule has 3 heterocycles. The number of aromatic nitrogens is 5. The summed E-state index contributed by atoms with van der Waals surface area (Å²) in [5.74, 6) is -0.449. The molecule has 11 nitrogen and oxygen atoms in total. The van der Waals surface area contributed by atoms with Crippen LogP contribution in [0.5, 0.6) is 0 Å². The lowest BCUT2D eigenvalue weighted by Crippen LogP contribution is -2.24. The van der Waals surface area contributed by atoms with Gasteiger partial charge in [-0.3, -0.25) is 9.59 Å². The Bertz CT molecular complexity index is 2120. The monoisotopic (exact) mass is 604 g/mol. The van der Waals surface area contributed by atoms with E-state index < -0.39 is 33.4 Å². The van der Waals surface area contributed by atoms with Gasteiger partial charge in [-0.05, 0) is 48.2 Å². The van der Waals surface area contributed by atoms with E-state index in [0.717, 1.165) is 16.5 Å². The van der Waals surface area contributed by atoms with Crippen molar-refractivity contribution in [3.63, 3.8) is 0 Å². The number of H-pyrrole nitrogens is 1. The molecule has 0 atom stereocenters. The summed E-state index contributed by atoms with van der Waals surface area (Å²) in [4.78, 5) is 30.4. The van der Waals surface area contributed by atoms with Gasteiger partial charge in [0.2, 0.25) is 0 Å². The van der Waals surface area contributed by atoms with Gasteiger partial charge in [0.25, 0.3) is 11.1 Å². The third-order valence-electron chi connectivity index (χ3n) is 7.14. The number of benzene rings is 2. The van der Waals surface area contributed by atoms with Gasteiger partial charge >= 0.3 is 0 Å². The summed E-state index contributed by atoms with van der Waals surface area (Å²) in [5, 5.41) is 24.5. The number of rotatable bonds is 6. The molecule has 0 fully saturated rings. The summed E-state index contributed by atoms with van der Waals surface area (Å²) in [6, 6.07) is 10.8. The Labute approximate surface area is 246 Å². The summed E-state index contributed by atoms with van der Waals surface area (Å²) in [6.07, 6.45) is 3.66. The fourth-order valence-electron chi connectivity index (χ4n) is 4.75. The van der Waals surface area contributed by atoms with Crippen LogP contribution >= 0.6 is 0 Å². The van der Waals surface area contributed by atoms with Gasteiger partial charge in [0.15, 0.2) is 9.84 Å². The van der Waals surface area contributed by atoms with Crippen molar-refractivity contribution in [1.82, 2.24) is 25.0 Å². The van der Waals surface area contributed by atoms with Crippen LogP contribution in [-0.4, -0.2) is 44.7 Å². The van der Waals surface area contributed by atoms with E-state index in [0.29, 0.717) is 16.5 Å². The molecule has 0 aliphatic carbocycles. The molecule has 0 saturated heterocycles. The first-order chi connectivity index (χ1) is 20.2. The topological polar surface area (TPSA) is 160 Å². The second-order valence-corrected chi connectivity index (χ2v) is 13.2. The molecule has 0 saturated carbocycles. The highest BCUT2D eigenvalue weighted by Crippen LogP contribution is 2.32. The molecule has 0 bridgehead atoms.